The van der Waals surface area contributed by atoms with Crippen molar-refractivity contribution in [2.75, 3.05) is 5.75 Å². The number of pyridine rings is 1. The molecule has 3 rings (SSSR count). The summed E-state index contributed by atoms with van der Waals surface area (Å²) < 4.78 is 0. The molecule has 1 heterocycles. The molecule has 3 nitrogen and oxygen atoms in total. The lowest BCUT2D eigenvalue weighted by atomic mass is 10.2. The van der Waals surface area contributed by atoms with Crippen LogP contribution in [0.5, 0.6) is 0 Å². The average Bonchev–Trinajstić information content (AvgIpc) is 3.39. The zero-order valence-corrected chi connectivity index (χ0v) is 13.3. The molecule has 1 aromatic heterocycles. The molecule has 0 aliphatic heterocycles. The second kappa shape index (κ2) is 7.45. The van der Waals surface area contributed by atoms with E-state index in [1.807, 2.05) is 35.2 Å². The quantitative estimate of drug-likeness (QED) is 0.730. The van der Waals surface area contributed by atoms with Gasteiger partial charge in [0, 0.05) is 42.0 Å². The molecule has 0 saturated heterocycles. The fourth-order valence-electron chi connectivity index (χ4n) is 2.41. The van der Waals surface area contributed by atoms with Crippen LogP contribution in [0.3, 0.4) is 0 Å². The van der Waals surface area contributed by atoms with Crippen LogP contribution in [0.15, 0.2) is 59.8 Å². The van der Waals surface area contributed by atoms with Gasteiger partial charge in [0.1, 0.15) is 0 Å². The number of benzene rings is 1. The lowest BCUT2D eigenvalue weighted by Crippen LogP contribution is -2.32. The highest BCUT2D eigenvalue weighted by atomic mass is 32.2. The van der Waals surface area contributed by atoms with Crippen molar-refractivity contribution in [2.45, 2.75) is 36.7 Å². The molecule has 0 radical (unpaired) electrons. The first-order valence-corrected chi connectivity index (χ1v) is 8.68. The van der Waals surface area contributed by atoms with Gasteiger partial charge in [0.25, 0.3) is 0 Å². The van der Waals surface area contributed by atoms with Crippen LogP contribution in [0.4, 0.5) is 0 Å². The number of amides is 1. The average molecular weight is 312 g/mol. The number of carbonyl (C=O) groups excluding carboxylic acids is 1. The van der Waals surface area contributed by atoms with Crippen LogP contribution in [0, 0.1) is 0 Å². The van der Waals surface area contributed by atoms with Gasteiger partial charge in [-0.2, -0.15) is 0 Å². The Bertz CT molecular complexity index is 599. The van der Waals surface area contributed by atoms with Gasteiger partial charge in [-0.25, -0.2) is 0 Å². The molecule has 114 valence electrons. The number of aromatic nitrogens is 1. The molecule has 1 aromatic carbocycles. The maximum absolute atomic E-state index is 12.5. The second-order valence-electron chi connectivity index (χ2n) is 5.52. The summed E-state index contributed by atoms with van der Waals surface area (Å²) in [5.74, 6) is 1.10. The highest BCUT2D eigenvalue weighted by molar-refractivity contribution is 7.99. The van der Waals surface area contributed by atoms with E-state index in [0.717, 1.165) is 24.2 Å². The van der Waals surface area contributed by atoms with Crippen LogP contribution in [0.25, 0.3) is 0 Å². The van der Waals surface area contributed by atoms with Crippen molar-refractivity contribution in [3.8, 4) is 0 Å². The summed E-state index contributed by atoms with van der Waals surface area (Å²) in [5, 5.41) is 0. The van der Waals surface area contributed by atoms with E-state index >= 15 is 0 Å². The van der Waals surface area contributed by atoms with Crippen LogP contribution in [0.1, 0.15) is 24.8 Å². The lowest BCUT2D eigenvalue weighted by molar-refractivity contribution is -0.131. The molecule has 1 aliphatic rings. The third kappa shape index (κ3) is 4.34. The first-order valence-electron chi connectivity index (χ1n) is 7.69. The number of rotatable bonds is 7. The Kier molecular flexibility index (Phi) is 5.11. The summed E-state index contributed by atoms with van der Waals surface area (Å²) in [6.07, 6.45) is 6.46. The van der Waals surface area contributed by atoms with Crippen molar-refractivity contribution in [1.82, 2.24) is 9.88 Å². The normalized spacial score (nSPS) is 13.8. The van der Waals surface area contributed by atoms with Crippen molar-refractivity contribution in [3.63, 3.8) is 0 Å². The summed E-state index contributed by atoms with van der Waals surface area (Å²) >= 11 is 1.75. The molecule has 1 saturated carbocycles. The Morgan fingerprint density at radius 1 is 1.14 bits per heavy atom. The third-order valence-electron chi connectivity index (χ3n) is 3.74. The second-order valence-corrected chi connectivity index (χ2v) is 6.69. The van der Waals surface area contributed by atoms with Gasteiger partial charge in [-0.3, -0.25) is 9.78 Å². The lowest BCUT2D eigenvalue weighted by Gasteiger charge is -2.22. The van der Waals surface area contributed by atoms with Crippen LogP contribution in [0.2, 0.25) is 0 Å². The molecule has 1 fully saturated rings. The minimum absolute atomic E-state index is 0.266. The van der Waals surface area contributed by atoms with Gasteiger partial charge in [0.2, 0.25) is 5.91 Å². The summed E-state index contributed by atoms with van der Waals surface area (Å²) in [6.45, 7) is 0.710. The standard InChI is InChI=1S/C18H20N2OS/c21-18(10-13-22-17-4-2-1-3-5-17)20(16-6-7-16)14-15-8-11-19-12-9-15/h1-5,8-9,11-12,16H,6-7,10,13-14H2. The van der Waals surface area contributed by atoms with E-state index in [2.05, 4.69) is 17.1 Å². The van der Waals surface area contributed by atoms with Gasteiger partial charge in [-0.15, -0.1) is 11.8 Å². The maximum Gasteiger partial charge on any atom is 0.223 e. The third-order valence-corrected chi connectivity index (χ3v) is 4.75. The fourth-order valence-corrected chi connectivity index (χ4v) is 3.27. The van der Waals surface area contributed by atoms with Gasteiger partial charge >= 0.3 is 0 Å². The minimum atomic E-state index is 0.266. The number of hydrogen-bond donors (Lipinski definition) is 0. The van der Waals surface area contributed by atoms with Gasteiger partial charge in [-0.1, -0.05) is 18.2 Å². The van der Waals surface area contributed by atoms with E-state index < -0.39 is 0 Å². The van der Waals surface area contributed by atoms with E-state index in [4.69, 9.17) is 0 Å². The molecule has 0 N–H and O–H groups in total. The number of thioether (sulfide) groups is 1. The van der Waals surface area contributed by atoms with E-state index in [1.54, 1.807) is 24.2 Å². The van der Waals surface area contributed by atoms with Crippen LogP contribution < -0.4 is 0 Å². The molecular formula is C18H20N2OS. The van der Waals surface area contributed by atoms with Crippen molar-refractivity contribution < 1.29 is 4.79 Å². The molecule has 4 heteroatoms. The zero-order chi connectivity index (χ0) is 15.2. The molecule has 0 spiro atoms. The van der Waals surface area contributed by atoms with Crippen molar-refractivity contribution in [2.24, 2.45) is 0 Å². The largest absolute Gasteiger partial charge is 0.335 e. The molecule has 0 bridgehead atoms. The Labute approximate surface area is 135 Å². The minimum Gasteiger partial charge on any atom is -0.335 e. The molecule has 0 atom stereocenters. The van der Waals surface area contributed by atoms with Crippen LogP contribution >= 0.6 is 11.8 Å². The van der Waals surface area contributed by atoms with Gasteiger partial charge in [0.05, 0.1) is 0 Å². The van der Waals surface area contributed by atoms with E-state index in [1.165, 1.54) is 4.90 Å². The van der Waals surface area contributed by atoms with Crippen LogP contribution in [-0.4, -0.2) is 27.6 Å². The predicted molar refractivity (Wildman–Crippen MR) is 89.6 cm³/mol. The highest BCUT2D eigenvalue weighted by Crippen LogP contribution is 2.29. The molecule has 1 amide bonds. The summed E-state index contributed by atoms with van der Waals surface area (Å²) in [4.78, 5) is 19.8. The monoisotopic (exact) mass is 312 g/mol. The Hall–Kier alpha value is -1.81. The topological polar surface area (TPSA) is 33.2 Å². The van der Waals surface area contributed by atoms with Crippen molar-refractivity contribution in [3.05, 3.63) is 60.4 Å². The number of hydrogen-bond acceptors (Lipinski definition) is 3. The maximum atomic E-state index is 12.5. The molecule has 2 aromatic rings. The summed E-state index contributed by atoms with van der Waals surface area (Å²) in [7, 11) is 0. The zero-order valence-electron chi connectivity index (χ0n) is 12.5. The molecular weight excluding hydrogens is 292 g/mol. The SMILES string of the molecule is O=C(CCSc1ccccc1)N(Cc1ccncc1)C1CC1. The fraction of sp³-hybridized carbons (Fsp3) is 0.333. The number of carbonyl (C=O) groups is 1. The van der Waals surface area contributed by atoms with E-state index in [0.29, 0.717) is 19.0 Å². The molecule has 1 aliphatic carbocycles. The Morgan fingerprint density at radius 3 is 2.55 bits per heavy atom. The Morgan fingerprint density at radius 2 is 1.86 bits per heavy atom. The molecule has 0 unspecified atom stereocenters. The smallest absolute Gasteiger partial charge is 0.223 e. The van der Waals surface area contributed by atoms with Crippen molar-refractivity contribution >= 4 is 17.7 Å². The van der Waals surface area contributed by atoms with Gasteiger partial charge < -0.3 is 4.90 Å². The van der Waals surface area contributed by atoms with E-state index in [9.17, 15) is 4.79 Å². The van der Waals surface area contributed by atoms with Crippen LogP contribution in [-0.2, 0) is 11.3 Å². The summed E-state index contributed by atoms with van der Waals surface area (Å²) in [6, 6.07) is 14.7. The first-order chi connectivity index (χ1) is 10.8. The van der Waals surface area contributed by atoms with Gasteiger partial charge in [-0.05, 0) is 42.7 Å². The number of nitrogens with zero attached hydrogens (tertiary/aromatic N) is 2. The van der Waals surface area contributed by atoms with Gasteiger partial charge in [0.15, 0.2) is 0 Å². The predicted octanol–water partition coefficient (Wildman–Crippen LogP) is 3.76. The highest BCUT2D eigenvalue weighted by Gasteiger charge is 2.32. The first kappa shape index (κ1) is 15.1. The van der Waals surface area contributed by atoms with Crippen molar-refractivity contribution in [1.29, 1.82) is 0 Å². The molecule has 22 heavy (non-hydrogen) atoms. The Balaban J connectivity index is 1.52. The summed E-state index contributed by atoms with van der Waals surface area (Å²) in [5.41, 5.74) is 1.16. The van der Waals surface area contributed by atoms with E-state index in [-0.39, 0.29) is 5.91 Å².